The van der Waals surface area contributed by atoms with Crippen LogP contribution in [0.15, 0.2) is 0 Å². The Balaban J connectivity index is 2.81. The maximum atomic E-state index is 9.47. The van der Waals surface area contributed by atoms with Gasteiger partial charge in [0.25, 0.3) is 6.47 Å². The summed E-state index contributed by atoms with van der Waals surface area (Å²) in [7, 11) is 0. The van der Waals surface area contributed by atoms with Crippen LogP contribution in [0.4, 0.5) is 0 Å². The van der Waals surface area contributed by atoms with Gasteiger partial charge < -0.3 is 4.74 Å². The second-order valence-electron chi connectivity index (χ2n) is 1.21. The molecule has 0 radical (unpaired) electrons. The average Bonchev–Trinajstić information content (AvgIpc) is 1.61. The average molecular weight is 167 g/mol. The first kappa shape index (κ1) is 6.95. The zero-order valence-corrected chi connectivity index (χ0v) is 5.64. The molecule has 0 rings (SSSR count). The van der Waals surface area contributed by atoms with Crippen LogP contribution < -0.4 is 0 Å². The van der Waals surface area contributed by atoms with E-state index in [-0.39, 0.29) is 4.83 Å². The molecule has 0 aliphatic carbocycles. The summed E-state index contributed by atoms with van der Waals surface area (Å²) in [6.45, 7) is 2.80. The first-order valence-electron chi connectivity index (χ1n) is 1.96. The Hall–Kier alpha value is -0.0500. The van der Waals surface area contributed by atoms with Crippen LogP contribution in [0.3, 0.4) is 0 Å². The van der Waals surface area contributed by atoms with Gasteiger partial charge in [0.2, 0.25) is 0 Å². The van der Waals surface area contributed by atoms with Gasteiger partial charge in [-0.3, -0.25) is 4.79 Å². The van der Waals surface area contributed by atoms with Gasteiger partial charge in [-0.1, -0.05) is 15.9 Å². The lowest BCUT2D eigenvalue weighted by molar-refractivity contribution is -0.128. The first-order chi connectivity index (χ1) is 3.27. The molecule has 0 aromatic heterocycles. The van der Waals surface area contributed by atoms with Crippen LogP contribution in [-0.2, 0) is 9.53 Å². The molecule has 1 unspecified atom stereocenters. The van der Waals surface area contributed by atoms with Crippen molar-refractivity contribution in [3.8, 4) is 0 Å². The Morgan fingerprint density at radius 2 is 2.57 bits per heavy atom. The molecule has 0 aliphatic heterocycles. The molecule has 0 aromatic rings. The van der Waals surface area contributed by atoms with Crippen LogP contribution in [0.1, 0.15) is 6.92 Å². The van der Waals surface area contributed by atoms with Gasteiger partial charge in [0.05, 0.1) is 0 Å². The number of alkyl halides is 1. The normalized spacial score (nSPS) is 12.9. The maximum Gasteiger partial charge on any atom is 0.293 e. The van der Waals surface area contributed by atoms with Crippen LogP contribution in [0.25, 0.3) is 0 Å². The van der Waals surface area contributed by atoms with E-state index in [1.54, 1.807) is 0 Å². The highest BCUT2D eigenvalue weighted by molar-refractivity contribution is 9.09. The summed E-state index contributed by atoms with van der Waals surface area (Å²) in [5, 5.41) is 0. The third-order valence-corrected chi connectivity index (χ3v) is 0.658. The molecule has 0 N–H and O–H groups in total. The van der Waals surface area contributed by atoms with Crippen LogP contribution in [0.5, 0.6) is 0 Å². The largest absolute Gasteiger partial charge is 0.467 e. The fourth-order valence-electron chi connectivity index (χ4n) is 0.172. The fraction of sp³-hybridized carbons (Fsp3) is 0.750. The molecule has 0 saturated heterocycles. The monoisotopic (exact) mass is 166 g/mol. The second-order valence-corrected chi connectivity index (χ2v) is 2.77. The molecule has 1 atom stereocenters. The molecule has 42 valence electrons. The number of rotatable bonds is 3. The Morgan fingerprint density at radius 1 is 2.00 bits per heavy atom. The summed E-state index contributed by atoms with van der Waals surface area (Å²) >= 11 is 3.19. The lowest BCUT2D eigenvalue weighted by Gasteiger charge is -1.96. The van der Waals surface area contributed by atoms with Crippen LogP contribution in [0.2, 0.25) is 0 Å². The predicted molar refractivity (Wildman–Crippen MR) is 30.4 cm³/mol. The molecule has 0 amide bonds. The molecule has 0 bridgehead atoms. The maximum absolute atomic E-state index is 9.47. The van der Waals surface area contributed by atoms with Crippen molar-refractivity contribution in [3.05, 3.63) is 0 Å². The third-order valence-electron chi connectivity index (χ3n) is 0.394. The van der Waals surface area contributed by atoms with Gasteiger partial charge >= 0.3 is 0 Å². The van der Waals surface area contributed by atoms with Gasteiger partial charge in [0, 0.05) is 4.83 Å². The standard InChI is InChI=1S/C4H7BrO2/c1-4(5)2-7-3-6/h3-4H,2H2,1H3. The van der Waals surface area contributed by atoms with Crippen LogP contribution in [0, 0.1) is 0 Å². The number of halogens is 1. The highest BCUT2D eigenvalue weighted by Gasteiger charge is 1.90. The van der Waals surface area contributed by atoms with Gasteiger partial charge in [-0.05, 0) is 6.92 Å². The number of carbonyl (C=O) groups is 1. The summed E-state index contributed by atoms with van der Waals surface area (Å²) in [6.07, 6.45) is 0. The summed E-state index contributed by atoms with van der Waals surface area (Å²) in [6, 6.07) is 0. The van der Waals surface area contributed by atoms with Crippen molar-refractivity contribution in [2.45, 2.75) is 11.8 Å². The van der Waals surface area contributed by atoms with Crippen molar-refractivity contribution in [3.63, 3.8) is 0 Å². The van der Waals surface area contributed by atoms with Crippen molar-refractivity contribution < 1.29 is 9.53 Å². The molecule has 2 nitrogen and oxygen atoms in total. The van der Waals surface area contributed by atoms with Crippen molar-refractivity contribution in [2.24, 2.45) is 0 Å². The molecule has 0 aromatic carbocycles. The van der Waals surface area contributed by atoms with Gasteiger partial charge in [-0.15, -0.1) is 0 Å². The fourth-order valence-corrected chi connectivity index (χ4v) is 0.324. The Morgan fingerprint density at radius 3 is 2.71 bits per heavy atom. The van der Waals surface area contributed by atoms with Crippen molar-refractivity contribution in [1.29, 1.82) is 0 Å². The van der Waals surface area contributed by atoms with Crippen LogP contribution in [-0.4, -0.2) is 17.9 Å². The molecule has 3 heteroatoms. The first-order valence-corrected chi connectivity index (χ1v) is 2.88. The van der Waals surface area contributed by atoms with E-state index in [0.717, 1.165) is 0 Å². The van der Waals surface area contributed by atoms with E-state index < -0.39 is 0 Å². The number of carbonyl (C=O) groups excluding carboxylic acids is 1. The SMILES string of the molecule is CC(Br)COC=O. The highest BCUT2D eigenvalue weighted by atomic mass is 79.9. The second kappa shape index (κ2) is 4.12. The summed E-state index contributed by atoms with van der Waals surface area (Å²) in [4.78, 5) is 9.73. The molecule has 0 saturated carbocycles. The van der Waals surface area contributed by atoms with E-state index in [1.165, 1.54) is 0 Å². The number of hydrogen-bond acceptors (Lipinski definition) is 2. The molecule has 0 aliphatic rings. The van der Waals surface area contributed by atoms with E-state index in [0.29, 0.717) is 13.1 Å². The quantitative estimate of drug-likeness (QED) is 0.461. The van der Waals surface area contributed by atoms with Crippen molar-refractivity contribution >= 4 is 22.4 Å². The Kier molecular flexibility index (Phi) is 4.09. The molecule has 0 heterocycles. The van der Waals surface area contributed by atoms with Crippen LogP contribution >= 0.6 is 15.9 Å². The Bertz CT molecular complexity index is 53.7. The Labute approximate surface area is 51.0 Å². The molecular weight excluding hydrogens is 160 g/mol. The van der Waals surface area contributed by atoms with E-state index >= 15 is 0 Å². The number of hydrogen-bond donors (Lipinski definition) is 0. The van der Waals surface area contributed by atoms with Crippen molar-refractivity contribution in [1.82, 2.24) is 0 Å². The van der Waals surface area contributed by atoms with Gasteiger partial charge in [-0.25, -0.2) is 0 Å². The molecular formula is C4H7BrO2. The highest BCUT2D eigenvalue weighted by Crippen LogP contribution is 1.94. The zero-order valence-electron chi connectivity index (χ0n) is 4.06. The topological polar surface area (TPSA) is 26.3 Å². The van der Waals surface area contributed by atoms with Gasteiger partial charge in [0.1, 0.15) is 6.61 Å². The van der Waals surface area contributed by atoms with Gasteiger partial charge in [0.15, 0.2) is 0 Å². The van der Waals surface area contributed by atoms with Gasteiger partial charge in [-0.2, -0.15) is 0 Å². The minimum absolute atomic E-state index is 0.262. The van der Waals surface area contributed by atoms with E-state index in [2.05, 4.69) is 20.7 Å². The molecule has 0 fully saturated rings. The minimum Gasteiger partial charge on any atom is -0.467 e. The van der Waals surface area contributed by atoms with E-state index in [4.69, 9.17) is 0 Å². The molecule has 0 spiro atoms. The number of ether oxygens (including phenoxy) is 1. The smallest absolute Gasteiger partial charge is 0.293 e. The van der Waals surface area contributed by atoms with E-state index in [9.17, 15) is 4.79 Å². The molecule has 7 heavy (non-hydrogen) atoms. The lowest BCUT2D eigenvalue weighted by atomic mass is 10.5. The predicted octanol–water partition coefficient (Wildman–Crippen LogP) is 0.943. The summed E-state index contributed by atoms with van der Waals surface area (Å²) in [5.41, 5.74) is 0. The zero-order chi connectivity index (χ0) is 5.70. The lowest BCUT2D eigenvalue weighted by Crippen LogP contribution is -2.01. The van der Waals surface area contributed by atoms with E-state index in [1.807, 2.05) is 6.92 Å². The third kappa shape index (κ3) is 5.95. The summed E-state index contributed by atoms with van der Waals surface area (Å²) in [5.74, 6) is 0. The van der Waals surface area contributed by atoms with Crippen molar-refractivity contribution in [2.75, 3.05) is 6.61 Å². The summed E-state index contributed by atoms with van der Waals surface area (Å²) < 4.78 is 4.37. The minimum atomic E-state index is 0.262.